The lowest BCUT2D eigenvalue weighted by Gasteiger charge is -2.22. The van der Waals surface area contributed by atoms with Crippen LogP contribution in [0.3, 0.4) is 0 Å². The van der Waals surface area contributed by atoms with Gasteiger partial charge in [-0.05, 0) is 102 Å². The van der Waals surface area contributed by atoms with E-state index in [-0.39, 0.29) is 23.0 Å². The second kappa shape index (κ2) is 15.3. The van der Waals surface area contributed by atoms with Crippen LogP contribution in [0.1, 0.15) is 44.8 Å². The summed E-state index contributed by atoms with van der Waals surface area (Å²) >= 11 is 0. The van der Waals surface area contributed by atoms with Crippen LogP contribution in [-0.4, -0.2) is 46.5 Å². The third-order valence-corrected chi connectivity index (χ3v) is 9.31. The molecule has 0 spiro atoms. The van der Waals surface area contributed by atoms with Crippen LogP contribution in [0.4, 0.5) is 5.69 Å². The normalized spacial score (nSPS) is 13.0. The van der Waals surface area contributed by atoms with Gasteiger partial charge in [-0.2, -0.15) is 0 Å². The fourth-order valence-electron chi connectivity index (χ4n) is 6.46. The number of nitrogens with zero attached hydrogens (tertiary/aromatic N) is 3. The Kier molecular flexibility index (Phi) is 10.1. The van der Waals surface area contributed by atoms with E-state index in [1.54, 1.807) is 36.7 Å². The lowest BCUT2D eigenvalue weighted by molar-refractivity contribution is 0.0642. The van der Waals surface area contributed by atoms with E-state index in [4.69, 9.17) is 9.15 Å². The summed E-state index contributed by atoms with van der Waals surface area (Å²) in [5.41, 5.74) is 4.59. The summed E-state index contributed by atoms with van der Waals surface area (Å²) in [5, 5.41) is 9.87. The van der Waals surface area contributed by atoms with Crippen molar-refractivity contribution >= 4 is 50.1 Å². The second-order valence-electron chi connectivity index (χ2n) is 12.7. The Morgan fingerprint density at radius 1 is 0.731 bits per heavy atom. The number of aromatic nitrogens is 3. The topological polar surface area (TPSA) is 136 Å². The standard InChI is InChI=1S/C24H25N3O3.C18H12N2O2/c1-16-8-9-20(19-6-3-2-5-18(16)19)23(28)27-21-7-4-12-25-22(21)24(29)26-15-17-10-13-30-14-11-17;1-11-8-9-14(13-6-3-2-5-12(11)13)17-20-15-7-4-10-19-16(15)18(21)22-17/h2-9,12,17H,10-11,13-15H2,1H3,(H,26,29)(H,27,28);2-10H,1H3. The molecule has 0 saturated carbocycles. The monoisotopic (exact) mass is 691 g/mol. The van der Waals surface area contributed by atoms with E-state index in [2.05, 4.69) is 38.6 Å². The Labute approximate surface area is 299 Å². The lowest BCUT2D eigenvalue weighted by Crippen LogP contribution is -2.33. The van der Waals surface area contributed by atoms with Crippen LogP contribution < -0.4 is 16.3 Å². The average molecular weight is 692 g/mol. The van der Waals surface area contributed by atoms with Crippen LogP contribution in [0.2, 0.25) is 0 Å². The van der Waals surface area contributed by atoms with Gasteiger partial charge < -0.3 is 19.8 Å². The molecule has 1 aliphatic rings. The maximum atomic E-state index is 13.0. The number of ether oxygens (including phenoxy) is 1. The quantitative estimate of drug-likeness (QED) is 0.181. The predicted molar refractivity (Wildman–Crippen MR) is 203 cm³/mol. The number of hydrogen-bond acceptors (Lipinski definition) is 8. The molecule has 0 radical (unpaired) electrons. The average Bonchev–Trinajstić information content (AvgIpc) is 3.18. The number of anilines is 1. The highest BCUT2D eigenvalue weighted by molar-refractivity contribution is 6.15. The van der Waals surface area contributed by atoms with Crippen molar-refractivity contribution in [3.8, 4) is 11.5 Å². The smallest absolute Gasteiger partial charge is 0.365 e. The number of hydrogen-bond donors (Lipinski definition) is 2. The summed E-state index contributed by atoms with van der Waals surface area (Å²) < 4.78 is 10.8. The summed E-state index contributed by atoms with van der Waals surface area (Å²) in [6.45, 7) is 6.12. The van der Waals surface area contributed by atoms with Crippen LogP contribution in [0.15, 0.2) is 119 Å². The van der Waals surface area contributed by atoms with Gasteiger partial charge in [0.1, 0.15) is 5.52 Å². The van der Waals surface area contributed by atoms with E-state index in [1.165, 1.54) is 5.56 Å². The number of amides is 2. The molecular formula is C42H37N5O5. The lowest BCUT2D eigenvalue weighted by atomic mass is 10.00. The van der Waals surface area contributed by atoms with Gasteiger partial charge in [0.15, 0.2) is 11.2 Å². The molecule has 260 valence electrons. The maximum absolute atomic E-state index is 13.0. The van der Waals surface area contributed by atoms with Crippen LogP contribution in [0.25, 0.3) is 44.0 Å². The molecule has 1 aliphatic heterocycles. The van der Waals surface area contributed by atoms with E-state index < -0.39 is 5.63 Å². The molecule has 0 bridgehead atoms. The van der Waals surface area contributed by atoms with Crippen molar-refractivity contribution < 1.29 is 18.7 Å². The van der Waals surface area contributed by atoms with Gasteiger partial charge in [-0.1, -0.05) is 60.7 Å². The number of fused-ring (bicyclic) bond motifs is 3. The van der Waals surface area contributed by atoms with Crippen molar-refractivity contribution in [2.24, 2.45) is 5.92 Å². The zero-order valence-corrected chi connectivity index (χ0v) is 28.9. The van der Waals surface area contributed by atoms with Gasteiger partial charge in [0.25, 0.3) is 11.8 Å². The molecule has 52 heavy (non-hydrogen) atoms. The van der Waals surface area contributed by atoms with Gasteiger partial charge in [-0.25, -0.2) is 19.7 Å². The molecule has 2 amide bonds. The van der Waals surface area contributed by atoms with Crippen LogP contribution >= 0.6 is 0 Å². The Hall–Kier alpha value is -6.26. The number of carbonyl (C=O) groups excluding carboxylic acids is 2. The number of benzene rings is 4. The summed E-state index contributed by atoms with van der Waals surface area (Å²) in [6, 6.07) is 30.4. The van der Waals surface area contributed by atoms with E-state index in [0.29, 0.717) is 35.1 Å². The number of pyridine rings is 2. The molecule has 7 aromatic rings. The van der Waals surface area contributed by atoms with E-state index in [1.807, 2.05) is 73.7 Å². The highest BCUT2D eigenvalue weighted by Gasteiger charge is 2.20. The first-order chi connectivity index (χ1) is 25.4. The molecule has 1 fully saturated rings. The Morgan fingerprint density at radius 2 is 1.38 bits per heavy atom. The second-order valence-corrected chi connectivity index (χ2v) is 12.7. The molecule has 10 heteroatoms. The molecule has 4 heterocycles. The molecule has 8 rings (SSSR count). The van der Waals surface area contributed by atoms with E-state index >= 15 is 0 Å². The molecule has 0 unspecified atom stereocenters. The predicted octanol–water partition coefficient (Wildman–Crippen LogP) is 7.66. The Bertz CT molecular complexity index is 2490. The fourth-order valence-corrected chi connectivity index (χ4v) is 6.46. The first kappa shape index (κ1) is 34.2. The SMILES string of the molecule is Cc1ccc(-c2nc3cccnc3c(=O)o2)c2ccccc12.Cc1ccc(C(=O)Nc2cccnc2C(=O)NCC2CCOCC2)c2ccccc12. The molecule has 4 aromatic carbocycles. The van der Waals surface area contributed by atoms with Crippen LogP contribution in [-0.2, 0) is 4.74 Å². The van der Waals surface area contributed by atoms with Crippen molar-refractivity contribution in [3.63, 3.8) is 0 Å². The summed E-state index contributed by atoms with van der Waals surface area (Å²) in [7, 11) is 0. The highest BCUT2D eigenvalue weighted by Crippen LogP contribution is 2.30. The largest absolute Gasteiger partial charge is 0.402 e. The minimum Gasteiger partial charge on any atom is -0.402 e. The minimum absolute atomic E-state index is 0.217. The molecule has 0 aliphatic carbocycles. The highest BCUT2D eigenvalue weighted by atomic mass is 16.5. The first-order valence-electron chi connectivity index (χ1n) is 17.2. The van der Waals surface area contributed by atoms with Crippen molar-refractivity contribution in [1.29, 1.82) is 0 Å². The summed E-state index contributed by atoms with van der Waals surface area (Å²) in [5.74, 6) is 0.175. The molecule has 0 atom stereocenters. The molecular weight excluding hydrogens is 654 g/mol. The number of aryl methyl sites for hydroxylation is 2. The third kappa shape index (κ3) is 7.28. The van der Waals surface area contributed by atoms with Gasteiger partial charge in [0, 0.05) is 43.3 Å². The van der Waals surface area contributed by atoms with E-state index in [0.717, 1.165) is 58.7 Å². The third-order valence-electron chi connectivity index (χ3n) is 9.31. The molecule has 2 N–H and O–H groups in total. The molecule has 1 saturated heterocycles. The van der Waals surface area contributed by atoms with Crippen molar-refractivity contribution in [2.75, 3.05) is 25.1 Å². The first-order valence-corrected chi connectivity index (χ1v) is 17.2. The van der Waals surface area contributed by atoms with Crippen molar-refractivity contribution in [2.45, 2.75) is 26.7 Å². The van der Waals surface area contributed by atoms with Gasteiger partial charge in [-0.3, -0.25) is 9.59 Å². The van der Waals surface area contributed by atoms with Gasteiger partial charge in [-0.15, -0.1) is 0 Å². The van der Waals surface area contributed by atoms with Gasteiger partial charge >= 0.3 is 5.63 Å². The van der Waals surface area contributed by atoms with Crippen molar-refractivity contribution in [3.05, 3.63) is 142 Å². The minimum atomic E-state index is -0.467. The summed E-state index contributed by atoms with van der Waals surface area (Å²) in [4.78, 5) is 50.6. The van der Waals surface area contributed by atoms with Crippen LogP contribution in [0, 0.1) is 19.8 Å². The van der Waals surface area contributed by atoms with Gasteiger partial charge in [0.05, 0.1) is 5.69 Å². The number of carbonyl (C=O) groups is 2. The molecule has 10 nitrogen and oxygen atoms in total. The Balaban J connectivity index is 0.000000169. The maximum Gasteiger partial charge on any atom is 0.365 e. The zero-order valence-electron chi connectivity index (χ0n) is 28.9. The van der Waals surface area contributed by atoms with Gasteiger partial charge in [0.2, 0.25) is 5.89 Å². The van der Waals surface area contributed by atoms with E-state index in [9.17, 15) is 14.4 Å². The fraction of sp³-hybridized carbons (Fsp3) is 0.190. The zero-order chi connectivity index (χ0) is 36.0. The summed E-state index contributed by atoms with van der Waals surface area (Å²) in [6.07, 6.45) is 4.99. The molecule has 3 aromatic heterocycles. The van der Waals surface area contributed by atoms with Crippen LogP contribution in [0.5, 0.6) is 0 Å². The number of rotatable bonds is 6. The number of nitrogens with one attached hydrogen (secondary N) is 2. The van der Waals surface area contributed by atoms with Crippen molar-refractivity contribution in [1.82, 2.24) is 20.3 Å². The Morgan fingerprint density at radius 3 is 2.15 bits per heavy atom.